The van der Waals surface area contributed by atoms with Crippen LogP contribution in [0.15, 0.2) is 75.4 Å². The van der Waals surface area contributed by atoms with Crippen LogP contribution in [-0.2, 0) is 29.4 Å². The maximum Gasteiger partial charge on any atom is 0.322 e. The van der Waals surface area contributed by atoms with Gasteiger partial charge < -0.3 is 4.42 Å². The van der Waals surface area contributed by atoms with Crippen molar-refractivity contribution in [2.24, 2.45) is 0 Å². The molecule has 0 bridgehead atoms. The van der Waals surface area contributed by atoms with Gasteiger partial charge in [0, 0.05) is 23.5 Å². The maximum atomic E-state index is 13.1. The van der Waals surface area contributed by atoms with E-state index in [1.54, 1.807) is 11.3 Å². The van der Waals surface area contributed by atoms with Gasteiger partial charge in [-0.05, 0) is 53.3 Å². The monoisotopic (exact) mass is 480 g/mol. The Morgan fingerprint density at radius 1 is 1.03 bits per heavy atom. The summed E-state index contributed by atoms with van der Waals surface area (Å²) in [5.41, 5.74) is 2.48. The van der Waals surface area contributed by atoms with Crippen LogP contribution < -0.4 is 5.32 Å². The Morgan fingerprint density at radius 2 is 1.82 bits per heavy atom. The number of anilines is 1. The molecule has 8 nitrogen and oxygen atoms in total. The molecule has 0 saturated heterocycles. The average molecular weight is 481 g/mol. The Hall–Kier alpha value is -3.34. The first-order chi connectivity index (χ1) is 16.0. The summed E-state index contributed by atoms with van der Waals surface area (Å²) in [6, 6.07) is 17.6. The summed E-state index contributed by atoms with van der Waals surface area (Å²) in [6.07, 6.45) is 1.17. The van der Waals surface area contributed by atoms with E-state index in [0.717, 1.165) is 10.4 Å². The van der Waals surface area contributed by atoms with E-state index in [4.69, 9.17) is 4.42 Å². The Balaban J connectivity index is 1.25. The third kappa shape index (κ3) is 4.58. The van der Waals surface area contributed by atoms with Gasteiger partial charge in [-0.3, -0.25) is 10.1 Å². The van der Waals surface area contributed by atoms with Crippen LogP contribution in [0.2, 0.25) is 0 Å². The number of sulfonamides is 1. The van der Waals surface area contributed by atoms with Crippen LogP contribution in [0.1, 0.15) is 32.3 Å². The van der Waals surface area contributed by atoms with Crippen molar-refractivity contribution in [2.75, 3.05) is 11.9 Å². The molecule has 33 heavy (non-hydrogen) atoms. The number of nitrogens with zero attached hydrogens (tertiary/aromatic N) is 3. The molecule has 4 aromatic rings. The van der Waals surface area contributed by atoms with E-state index < -0.39 is 15.9 Å². The zero-order valence-corrected chi connectivity index (χ0v) is 19.1. The second kappa shape index (κ2) is 8.89. The molecule has 168 valence electrons. The first kappa shape index (κ1) is 21.5. The summed E-state index contributed by atoms with van der Waals surface area (Å²) in [6.45, 7) is 0.762. The highest BCUT2D eigenvalue weighted by Crippen LogP contribution is 2.25. The number of thiophene rings is 1. The third-order valence-electron chi connectivity index (χ3n) is 5.44. The zero-order chi connectivity index (χ0) is 22.8. The lowest BCUT2D eigenvalue weighted by Crippen LogP contribution is -2.35. The van der Waals surface area contributed by atoms with Crippen molar-refractivity contribution in [1.29, 1.82) is 0 Å². The van der Waals surface area contributed by atoms with Crippen LogP contribution in [0.3, 0.4) is 0 Å². The SMILES string of the molecule is O=C(Nc1nnc(Cc2cccs2)o1)c1ccc(S(=O)(=O)N2CCc3ccccc3C2)cc1. The molecule has 0 saturated carbocycles. The van der Waals surface area contributed by atoms with E-state index in [2.05, 4.69) is 15.5 Å². The Morgan fingerprint density at radius 3 is 2.58 bits per heavy atom. The van der Waals surface area contributed by atoms with Gasteiger partial charge in [-0.15, -0.1) is 16.4 Å². The molecule has 0 spiro atoms. The fraction of sp³-hybridized carbons (Fsp3) is 0.174. The highest BCUT2D eigenvalue weighted by molar-refractivity contribution is 7.89. The van der Waals surface area contributed by atoms with E-state index in [1.165, 1.54) is 34.1 Å². The number of carbonyl (C=O) groups is 1. The van der Waals surface area contributed by atoms with Crippen molar-refractivity contribution >= 4 is 33.3 Å². The van der Waals surface area contributed by atoms with Crippen LogP contribution in [-0.4, -0.2) is 35.4 Å². The lowest BCUT2D eigenvalue weighted by molar-refractivity contribution is 0.102. The predicted octanol–water partition coefficient (Wildman–Crippen LogP) is 3.72. The van der Waals surface area contributed by atoms with E-state index >= 15 is 0 Å². The molecule has 1 aliphatic rings. The number of nitrogens with one attached hydrogen (secondary N) is 1. The molecule has 0 unspecified atom stereocenters. The second-order valence-corrected chi connectivity index (χ2v) is 10.6. The van der Waals surface area contributed by atoms with Crippen molar-refractivity contribution in [2.45, 2.75) is 24.3 Å². The topological polar surface area (TPSA) is 105 Å². The van der Waals surface area contributed by atoms with Crippen LogP contribution in [0.5, 0.6) is 0 Å². The van der Waals surface area contributed by atoms with E-state index in [0.29, 0.717) is 31.8 Å². The third-order valence-corrected chi connectivity index (χ3v) is 8.18. The Kier molecular flexibility index (Phi) is 5.79. The van der Waals surface area contributed by atoms with Gasteiger partial charge in [0.05, 0.1) is 11.3 Å². The molecule has 0 radical (unpaired) electrons. The number of hydrogen-bond donors (Lipinski definition) is 1. The molecule has 0 fully saturated rings. The van der Waals surface area contributed by atoms with Gasteiger partial charge in [0.1, 0.15) is 0 Å². The van der Waals surface area contributed by atoms with Crippen LogP contribution in [0.25, 0.3) is 0 Å². The minimum atomic E-state index is -3.67. The molecule has 10 heteroatoms. The highest BCUT2D eigenvalue weighted by Gasteiger charge is 2.28. The minimum absolute atomic E-state index is 0.00441. The molecular formula is C23H20N4O4S2. The number of aromatic nitrogens is 2. The van der Waals surface area contributed by atoms with E-state index in [9.17, 15) is 13.2 Å². The summed E-state index contributed by atoms with van der Waals surface area (Å²) in [7, 11) is -3.67. The van der Waals surface area contributed by atoms with Crippen molar-refractivity contribution in [3.63, 3.8) is 0 Å². The first-order valence-corrected chi connectivity index (χ1v) is 12.6. The number of fused-ring (bicyclic) bond motifs is 1. The number of rotatable bonds is 6. The fourth-order valence-electron chi connectivity index (χ4n) is 3.71. The first-order valence-electron chi connectivity index (χ1n) is 10.3. The Bertz CT molecular complexity index is 1380. The van der Waals surface area contributed by atoms with E-state index in [1.807, 2.05) is 41.8 Å². The quantitative estimate of drug-likeness (QED) is 0.451. The number of amides is 1. The average Bonchev–Trinajstić information content (AvgIpc) is 3.51. The smallest absolute Gasteiger partial charge is 0.322 e. The molecule has 5 rings (SSSR count). The van der Waals surface area contributed by atoms with Gasteiger partial charge in [0.25, 0.3) is 5.91 Å². The number of carbonyl (C=O) groups excluding carboxylic acids is 1. The zero-order valence-electron chi connectivity index (χ0n) is 17.5. The van der Waals surface area contributed by atoms with Gasteiger partial charge in [0.15, 0.2) is 0 Å². The van der Waals surface area contributed by atoms with Crippen molar-refractivity contribution < 1.29 is 17.6 Å². The molecule has 1 aliphatic heterocycles. The summed E-state index contributed by atoms with van der Waals surface area (Å²) in [5, 5.41) is 12.3. The lowest BCUT2D eigenvalue weighted by Gasteiger charge is -2.28. The summed E-state index contributed by atoms with van der Waals surface area (Å²) >= 11 is 1.58. The van der Waals surface area contributed by atoms with Gasteiger partial charge >= 0.3 is 6.01 Å². The standard InChI is InChI=1S/C23H20N4O4S2/c28-22(24-23-26-25-21(31-23)14-19-6-3-13-32-19)17-7-9-20(10-8-17)33(29,30)27-12-11-16-4-1-2-5-18(16)15-27/h1-10,13H,11-12,14-15H2,(H,24,26,28). The predicted molar refractivity (Wildman–Crippen MR) is 124 cm³/mol. The van der Waals surface area contributed by atoms with Crippen LogP contribution in [0, 0.1) is 0 Å². The highest BCUT2D eigenvalue weighted by atomic mass is 32.2. The number of hydrogen-bond acceptors (Lipinski definition) is 7. The molecule has 3 heterocycles. The molecule has 2 aromatic heterocycles. The van der Waals surface area contributed by atoms with Gasteiger partial charge in [-0.1, -0.05) is 35.4 Å². The summed E-state index contributed by atoms with van der Waals surface area (Å²) < 4.78 is 33.1. The molecule has 0 atom stereocenters. The van der Waals surface area contributed by atoms with Crippen LogP contribution in [0.4, 0.5) is 6.01 Å². The second-order valence-electron chi connectivity index (χ2n) is 7.59. The summed E-state index contributed by atoms with van der Waals surface area (Å²) in [5.74, 6) is -0.0607. The summed E-state index contributed by atoms with van der Waals surface area (Å²) in [4.78, 5) is 13.8. The lowest BCUT2D eigenvalue weighted by atomic mass is 10.0. The van der Waals surface area contributed by atoms with Gasteiger partial charge in [-0.25, -0.2) is 8.42 Å². The Labute approximate surface area is 194 Å². The van der Waals surface area contributed by atoms with Gasteiger partial charge in [-0.2, -0.15) is 4.31 Å². The molecule has 1 amide bonds. The van der Waals surface area contributed by atoms with Crippen molar-refractivity contribution in [3.05, 3.63) is 93.5 Å². The molecule has 1 N–H and O–H groups in total. The van der Waals surface area contributed by atoms with Gasteiger partial charge in [0.2, 0.25) is 15.9 Å². The molecular weight excluding hydrogens is 460 g/mol. The maximum absolute atomic E-state index is 13.1. The molecule has 0 aliphatic carbocycles. The van der Waals surface area contributed by atoms with E-state index in [-0.39, 0.29) is 16.5 Å². The van der Waals surface area contributed by atoms with Crippen molar-refractivity contribution in [1.82, 2.24) is 14.5 Å². The largest absolute Gasteiger partial charge is 0.407 e. The number of benzene rings is 2. The van der Waals surface area contributed by atoms with Crippen LogP contribution >= 0.6 is 11.3 Å². The fourth-order valence-corrected chi connectivity index (χ4v) is 5.82. The normalized spacial score (nSPS) is 14.1. The molecule has 2 aromatic carbocycles. The minimum Gasteiger partial charge on any atom is -0.407 e. The van der Waals surface area contributed by atoms with Crippen molar-refractivity contribution in [3.8, 4) is 0 Å².